The van der Waals surface area contributed by atoms with E-state index in [1.54, 1.807) is 35.2 Å². The van der Waals surface area contributed by atoms with E-state index in [0.717, 1.165) is 27.7 Å². The molecule has 3 amide bonds. The highest BCUT2D eigenvalue weighted by molar-refractivity contribution is 6.11. The van der Waals surface area contributed by atoms with E-state index in [2.05, 4.69) is 14.7 Å². The van der Waals surface area contributed by atoms with Crippen molar-refractivity contribution in [1.29, 1.82) is 0 Å². The quantitative estimate of drug-likeness (QED) is 0.120. The summed E-state index contributed by atoms with van der Waals surface area (Å²) in [6.45, 7) is 0.809. The van der Waals surface area contributed by atoms with Crippen molar-refractivity contribution in [1.82, 2.24) is 9.97 Å². The van der Waals surface area contributed by atoms with Crippen LogP contribution < -0.4 is 20.3 Å². The Kier molecular flexibility index (Phi) is 5.55. The van der Waals surface area contributed by atoms with Crippen LogP contribution in [-0.2, 0) is 12.8 Å². The second-order valence-electron chi connectivity index (χ2n) is 10.0. The molecule has 0 spiro atoms. The Hall–Kier alpha value is -5.33. The van der Waals surface area contributed by atoms with E-state index in [1.165, 1.54) is 11.0 Å². The number of nitrogens with one attached hydrogen (secondary N) is 2. The summed E-state index contributed by atoms with van der Waals surface area (Å²) < 4.78 is 59.8. The number of anilines is 2. The van der Waals surface area contributed by atoms with Crippen LogP contribution in [-0.4, -0.2) is 41.0 Å². The predicted octanol–water partition coefficient (Wildman–Crippen LogP) is 5.07. The van der Waals surface area contributed by atoms with Crippen LogP contribution in [0.2, 0.25) is 0 Å². The Morgan fingerprint density at radius 2 is 1.26 bits per heavy atom. The number of urea groups is 1. The minimum atomic E-state index is -1.83. The second-order valence-corrected chi connectivity index (χ2v) is 10.0. The fourth-order valence-electron chi connectivity index (χ4n) is 5.82. The van der Waals surface area contributed by atoms with Crippen molar-refractivity contribution in [2.45, 2.75) is 12.8 Å². The summed E-state index contributed by atoms with van der Waals surface area (Å²) in [7, 11) is 0. The van der Waals surface area contributed by atoms with Crippen molar-refractivity contribution in [2.24, 2.45) is 5.73 Å². The lowest BCUT2D eigenvalue weighted by Gasteiger charge is -2.16. The van der Waals surface area contributed by atoms with Crippen molar-refractivity contribution < 1.29 is 36.7 Å². The number of H-pyrrole nitrogens is 2. The molecular formula is C29H19F4N5O4. The van der Waals surface area contributed by atoms with Crippen LogP contribution in [0.25, 0.3) is 21.8 Å². The predicted molar refractivity (Wildman–Crippen MR) is 144 cm³/mol. The number of carbonyl (C=O) groups is 3. The second kappa shape index (κ2) is 9.09. The van der Waals surface area contributed by atoms with Gasteiger partial charge in [-0.05, 0) is 60.4 Å². The number of rotatable bonds is 3. The molecule has 2 aliphatic heterocycles. The average molecular weight is 577 g/mol. The Bertz CT molecular complexity index is 1990. The van der Waals surface area contributed by atoms with Crippen LogP contribution in [0.3, 0.4) is 0 Å². The first kappa shape index (κ1) is 25.6. The molecule has 0 bridgehead atoms. The maximum Gasteiger partial charge on any atom is 0.360 e. The summed E-state index contributed by atoms with van der Waals surface area (Å²) >= 11 is 0. The van der Waals surface area contributed by atoms with E-state index in [4.69, 9.17) is 5.73 Å². The first-order valence-electron chi connectivity index (χ1n) is 12.9. The van der Waals surface area contributed by atoms with E-state index in [9.17, 15) is 31.9 Å². The SMILES string of the molecule is NC(=O)N1CCc2c1ccc1[nH]c(C(=O)N3CCc4c3ccc3[nH]c(C(=O)Oc5c(F)c(F)cc(F)c5F)cc43)cc21. The van der Waals surface area contributed by atoms with Crippen LogP contribution in [0.5, 0.6) is 5.75 Å². The number of ether oxygens (including phenoxy) is 1. The van der Waals surface area contributed by atoms with E-state index >= 15 is 0 Å². The van der Waals surface area contributed by atoms with E-state index in [-0.39, 0.29) is 17.7 Å². The van der Waals surface area contributed by atoms with Crippen LogP contribution in [0, 0.1) is 23.3 Å². The third kappa shape index (κ3) is 3.73. The first-order chi connectivity index (χ1) is 20.1. The minimum absolute atomic E-state index is 0.0150. The molecule has 13 heteroatoms. The minimum Gasteiger partial charge on any atom is -0.415 e. The molecular weight excluding hydrogens is 558 g/mol. The van der Waals surface area contributed by atoms with E-state index < -0.39 is 41.0 Å². The highest BCUT2D eigenvalue weighted by Crippen LogP contribution is 2.38. The van der Waals surface area contributed by atoms with Gasteiger partial charge in [-0.25, -0.2) is 18.4 Å². The Labute approximate surface area is 233 Å². The van der Waals surface area contributed by atoms with Gasteiger partial charge in [0, 0.05) is 52.3 Å². The van der Waals surface area contributed by atoms with Gasteiger partial charge in [-0.15, -0.1) is 0 Å². The summed E-state index contributed by atoms with van der Waals surface area (Å²) in [6.07, 6.45) is 1.06. The standard InChI is InChI=1S/C29H19F4N5O4/c30-16-11-17(31)25(33)26(24(16)32)42-28(40)21-10-15-12-5-7-37(22(12)3-1-19(15)36-21)27(39)20-9-14-13-6-8-38(29(34)41)23(13)4-2-18(14)35-20/h1-4,9-11,35-36H,5-8H2,(H2,34,41). The number of halogens is 4. The van der Waals surface area contributed by atoms with E-state index in [0.29, 0.717) is 48.2 Å². The third-order valence-electron chi connectivity index (χ3n) is 7.76. The molecule has 5 aromatic rings. The molecule has 2 aliphatic rings. The number of benzene rings is 3. The molecule has 0 atom stereocenters. The number of carbonyl (C=O) groups excluding carboxylic acids is 3. The van der Waals surface area contributed by atoms with Crippen LogP contribution in [0.1, 0.15) is 32.1 Å². The normalized spacial score (nSPS) is 14.1. The molecule has 0 radical (unpaired) electrons. The van der Waals surface area contributed by atoms with Gasteiger partial charge in [0.25, 0.3) is 5.91 Å². The number of hydrogen-bond acceptors (Lipinski definition) is 4. The summed E-state index contributed by atoms with van der Waals surface area (Å²) in [4.78, 5) is 47.1. The first-order valence-corrected chi connectivity index (χ1v) is 12.9. The average Bonchev–Trinajstić information content (AvgIpc) is 3.75. The zero-order valence-corrected chi connectivity index (χ0v) is 21.5. The number of aromatic amines is 2. The lowest BCUT2D eigenvalue weighted by atomic mass is 10.1. The zero-order chi connectivity index (χ0) is 29.4. The molecule has 0 unspecified atom stereocenters. The molecule has 0 fully saturated rings. The topological polar surface area (TPSA) is 125 Å². The lowest BCUT2D eigenvalue weighted by molar-refractivity contribution is 0.0712. The molecule has 0 aliphatic carbocycles. The summed E-state index contributed by atoms with van der Waals surface area (Å²) in [5, 5.41) is 1.40. The fraction of sp³-hybridized carbons (Fsp3) is 0.138. The van der Waals surface area contributed by atoms with Crippen LogP contribution >= 0.6 is 0 Å². The van der Waals surface area contributed by atoms with Gasteiger partial charge in [-0.2, -0.15) is 8.78 Å². The molecule has 0 saturated carbocycles. The number of nitrogens with two attached hydrogens (primary N) is 1. The highest BCUT2D eigenvalue weighted by atomic mass is 19.2. The molecule has 2 aromatic heterocycles. The Morgan fingerprint density at radius 3 is 1.86 bits per heavy atom. The van der Waals surface area contributed by atoms with Gasteiger partial charge in [0.15, 0.2) is 11.6 Å². The van der Waals surface area contributed by atoms with Crippen molar-refractivity contribution in [3.05, 3.63) is 88.2 Å². The van der Waals surface area contributed by atoms with E-state index in [1.807, 2.05) is 0 Å². The number of esters is 1. The largest absolute Gasteiger partial charge is 0.415 e. The highest BCUT2D eigenvalue weighted by Gasteiger charge is 2.31. The van der Waals surface area contributed by atoms with Crippen LogP contribution in [0.15, 0.2) is 42.5 Å². The van der Waals surface area contributed by atoms with Gasteiger partial charge in [0.2, 0.25) is 17.4 Å². The third-order valence-corrected chi connectivity index (χ3v) is 7.76. The summed E-state index contributed by atoms with van der Waals surface area (Å²) in [6, 6.07) is 9.57. The number of amides is 3. The Balaban J connectivity index is 1.19. The van der Waals surface area contributed by atoms with Gasteiger partial charge < -0.3 is 25.3 Å². The number of fused-ring (bicyclic) bond motifs is 6. The summed E-state index contributed by atoms with van der Waals surface area (Å²) in [5.41, 5.74) is 9.88. The molecule has 0 saturated heterocycles. The molecule has 42 heavy (non-hydrogen) atoms. The lowest BCUT2D eigenvalue weighted by Crippen LogP contribution is -2.33. The molecule has 4 N–H and O–H groups in total. The van der Waals surface area contributed by atoms with Crippen molar-refractivity contribution >= 4 is 51.1 Å². The van der Waals surface area contributed by atoms with Gasteiger partial charge in [0.1, 0.15) is 11.4 Å². The number of aromatic nitrogens is 2. The molecule has 7 rings (SSSR count). The fourth-order valence-corrected chi connectivity index (χ4v) is 5.82. The van der Waals surface area contributed by atoms with Gasteiger partial charge in [-0.1, -0.05) is 0 Å². The molecule has 4 heterocycles. The van der Waals surface area contributed by atoms with Crippen molar-refractivity contribution in [3.8, 4) is 5.75 Å². The maximum absolute atomic E-state index is 14.0. The van der Waals surface area contributed by atoms with Crippen LogP contribution in [0.4, 0.5) is 33.7 Å². The monoisotopic (exact) mass is 577 g/mol. The molecule has 3 aromatic carbocycles. The number of nitrogens with zero attached hydrogens (tertiary/aromatic N) is 2. The van der Waals surface area contributed by atoms with Gasteiger partial charge in [-0.3, -0.25) is 9.69 Å². The van der Waals surface area contributed by atoms with Gasteiger partial charge >= 0.3 is 12.0 Å². The number of hydrogen-bond donors (Lipinski definition) is 3. The number of primary amides is 1. The molecule has 9 nitrogen and oxygen atoms in total. The molecule has 212 valence electrons. The summed E-state index contributed by atoms with van der Waals surface area (Å²) in [5.74, 6) is -10.1. The van der Waals surface area contributed by atoms with Crippen molar-refractivity contribution in [3.63, 3.8) is 0 Å². The smallest absolute Gasteiger partial charge is 0.360 e. The Morgan fingerprint density at radius 1 is 0.738 bits per heavy atom. The zero-order valence-electron chi connectivity index (χ0n) is 21.5. The van der Waals surface area contributed by atoms with Crippen molar-refractivity contribution in [2.75, 3.05) is 22.9 Å². The maximum atomic E-state index is 14.0. The van der Waals surface area contributed by atoms with Gasteiger partial charge in [0.05, 0.1) is 0 Å².